The van der Waals surface area contributed by atoms with Crippen LogP contribution in [0, 0.1) is 0 Å². The number of nitrogens with zero attached hydrogens (tertiary/aromatic N) is 6. The molecule has 136 valence electrons. The number of imidazole rings is 1. The van der Waals surface area contributed by atoms with Gasteiger partial charge in [-0.15, -0.1) is 0 Å². The summed E-state index contributed by atoms with van der Waals surface area (Å²) in [6, 6.07) is 4.38. The van der Waals surface area contributed by atoms with Crippen molar-refractivity contribution >= 4 is 11.3 Å². The number of hydrogen-bond donors (Lipinski definition) is 1. The van der Waals surface area contributed by atoms with Crippen molar-refractivity contribution in [2.45, 2.75) is 18.9 Å². The molecule has 7 nitrogen and oxygen atoms in total. The highest BCUT2D eigenvalue weighted by molar-refractivity contribution is 5.58. The standard InChI is InChI=1S/C18H15F2N7/c19-18(20)11-2-1-6-27-14(11)8-13(25-27)17-16-12(23-10-24-16)3-7-26(17)15-9-21-4-5-22-15/h1-2,4-6,8-10,17-18H,3,7H2,(H,23,24)/t17-/m1/s1. The first-order valence-corrected chi connectivity index (χ1v) is 8.53. The van der Waals surface area contributed by atoms with Gasteiger partial charge in [0.15, 0.2) is 0 Å². The van der Waals surface area contributed by atoms with Crippen LogP contribution in [0.3, 0.4) is 0 Å². The number of fused-ring (bicyclic) bond motifs is 2. The quantitative estimate of drug-likeness (QED) is 0.603. The Balaban J connectivity index is 1.68. The summed E-state index contributed by atoms with van der Waals surface area (Å²) in [7, 11) is 0. The molecule has 0 unspecified atom stereocenters. The number of hydrogen-bond acceptors (Lipinski definition) is 5. The number of anilines is 1. The van der Waals surface area contributed by atoms with Crippen molar-refractivity contribution in [3.05, 3.63) is 72.0 Å². The molecule has 9 heteroatoms. The van der Waals surface area contributed by atoms with Crippen molar-refractivity contribution in [1.82, 2.24) is 29.5 Å². The van der Waals surface area contributed by atoms with E-state index in [1.54, 1.807) is 43.2 Å². The van der Waals surface area contributed by atoms with Crippen LogP contribution < -0.4 is 4.90 Å². The second-order valence-corrected chi connectivity index (χ2v) is 6.34. The molecule has 27 heavy (non-hydrogen) atoms. The molecule has 0 spiro atoms. The molecular formula is C18H15F2N7. The molecule has 0 aromatic carbocycles. The minimum atomic E-state index is -2.57. The topological polar surface area (TPSA) is 75.0 Å². The fourth-order valence-electron chi connectivity index (χ4n) is 3.64. The van der Waals surface area contributed by atoms with Gasteiger partial charge in [0.05, 0.1) is 29.4 Å². The fraction of sp³-hybridized carbons (Fsp3) is 0.222. The Labute approximate surface area is 152 Å². The average molecular weight is 367 g/mol. The molecule has 0 bridgehead atoms. The number of aromatic amines is 1. The van der Waals surface area contributed by atoms with Gasteiger partial charge in [0.1, 0.15) is 11.9 Å². The Bertz CT molecular complexity index is 1090. The van der Waals surface area contributed by atoms with Gasteiger partial charge in [-0.1, -0.05) is 0 Å². The SMILES string of the molecule is FC(F)c1cccn2nc([C@@H]3c4nc[nH]c4CCN3c3cnccn3)cc12. The molecule has 1 aliphatic heterocycles. The maximum atomic E-state index is 13.4. The van der Waals surface area contributed by atoms with Gasteiger partial charge in [0, 0.05) is 42.8 Å². The third kappa shape index (κ3) is 2.54. The summed E-state index contributed by atoms with van der Waals surface area (Å²) in [5.41, 5.74) is 2.84. The average Bonchev–Trinajstić information content (AvgIpc) is 3.34. The van der Waals surface area contributed by atoms with Crippen LogP contribution in [0.4, 0.5) is 14.6 Å². The van der Waals surface area contributed by atoms with Crippen LogP contribution in [0.1, 0.15) is 35.1 Å². The molecule has 5 heterocycles. The maximum absolute atomic E-state index is 13.4. The van der Waals surface area contributed by atoms with Gasteiger partial charge in [-0.2, -0.15) is 5.10 Å². The predicted octanol–water partition coefficient (Wildman–Crippen LogP) is 2.94. The molecule has 1 N–H and O–H groups in total. The van der Waals surface area contributed by atoms with Gasteiger partial charge in [-0.05, 0) is 18.2 Å². The molecule has 1 aliphatic rings. The van der Waals surface area contributed by atoms with Gasteiger partial charge in [0.25, 0.3) is 6.43 Å². The summed E-state index contributed by atoms with van der Waals surface area (Å²) < 4.78 is 28.3. The maximum Gasteiger partial charge on any atom is 0.265 e. The van der Waals surface area contributed by atoms with Gasteiger partial charge in [0.2, 0.25) is 0 Å². The number of rotatable bonds is 3. The van der Waals surface area contributed by atoms with Crippen molar-refractivity contribution < 1.29 is 8.78 Å². The first-order chi connectivity index (χ1) is 13.2. The van der Waals surface area contributed by atoms with E-state index in [1.165, 1.54) is 10.6 Å². The van der Waals surface area contributed by atoms with Crippen LogP contribution >= 0.6 is 0 Å². The van der Waals surface area contributed by atoms with E-state index >= 15 is 0 Å². The number of H-pyrrole nitrogens is 1. The Kier molecular flexibility index (Phi) is 3.59. The molecule has 0 saturated carbocycles. The van der Waals surface area contributed by atoms with E-state index < -0.39 is 6.43 Å². The lowest BCUT2D eigenvalue weighted by Gasteiger charge is -2.34. The predicted molar refractivity (Wildman–Crippen MR) is 93.7 cm³/mol. The molecule has 5 rings (SSSR count). The normalized spacial score (nSPS) is 16.9. The summed E-state index contributed by atoms with van der Waals surface area (Å²) in [5, 5.41) is 4.57. The van der Waals surface area contributed by atoms with Gasteiger partial charge in [-0.3, -0.25) is 4.98 Å². The zero-order valence-corrected chi connectivity index (χ0v) is 14.1. The lowest BCUT2D eigenvalue weighted by atomic mass is 9.99. The van der Waals surface area contributed by atoms with E-state index in [-0.39, 0.29) is 11.6 Å². The summed E-state index contributed by atoms with van der Waals surface area (Å²) in [4.78, 5) is 18.3. The van der Waals surface area contributed by atoms with Crippen molar-refractivity contribution in [3.8, 4) is 0 Å². The van der Waals surface area contributed by atoms with Crippen LogP contribution in [-0.2, 0) is 6.42 Å². The zero-order valence-electron chi connectivity index (χ0n) is 14.1. The largest absolute Gasteiger partial charge is 0.348 e. The molecule has 0 amide bonds. The Morgan fingerprint density at radius 3 is 2.96 bits per heavy atom. The first-order valence-electron chi connectivity index (χ1n) is 8.53. The van der Waals surface area contributed by atoms with Crippen molar-refractivity contribution in [1.29, 1.82) is 0 Å². The van der Waals surface area contributed by atoms with Crippen LogP contribution in [-0.4, -0.2) is 36.1 Å². The highest BCUT2D eigenvalue weighted by Gasteiger charge is 2.34. The van der Waals surface area contributed by atoms with E-state index in [0.717, 1.165) is 17.8 Å². The van der Waals surface area contributed by atoms with Crippen LogP contribution in [0.15, 0.2) is 49.3 Å². The fourth-order valence-corrected chi connectivity index (χ4v) is 3.64. The summed E-state index contributed by atoms with van der Waals surface area (Å²) in [6.45, 7) is 0.689. The smallest absolute Gasteiger partial charge is 0.265 e. The minimum Gasteiger partial charge on any atom is -0.348 e. The van der Waals surface area contributed by atoms with Gasteiger partial charge in [-0.25, -0.2) is 23.3 Å². The van der Waals surface area contributed by atoms with Crippen LogP contribution in [0.25, 0.3) is 5.52 Å². The number of nitrogens with one attached hydrogen (secondary N) is 1. The lowest BCUT2D eigenvalue weighted by molar-refractivity contribution is 0.152. The van der Waals surface area contributed by atoms with Crippen molar-refractivity contribution in [3.63, 3.8) is 0 Å². The number of halogens is 2. The highest BCUT2D eigenvalue weighted by Crippen LogP contribution is 2.36. The Hall–Kier alpha value is -3.36. The molecule has 4 aromatic rings. The van der Waals surface area contributed by atoms with Crippen LogP contribution in [0.2, 0.25) is 0 Å². The molecule has 0 aliphatic carbocycles. The summed E-state index contributed by atoms with van der Waals surface area (Å²) >= 11 is 0. The van der Waals surface area contributed by atoms with E-state index in [2.05, 4.69) is 29.9 Å². The zero-order chi connectivity index (χ0) is 18.4. The molecule has 0 fully saturated rings. The van der Waals surface area contributed by atoms with E-state index in [1.807, 2.05) is 0 Å². The van der Waals surface area contributed by atoms with Crippen LogP contribution in [0.5, 0.6) is 0 Å². The van der Waals surface area contributed by atoms with E-state index in [4.69, 9.17) is 0 Å². The number of aromatic nitrogens is 6. The third-order valence-electron chi connectivity index (χ3n) is 4.84. The van der Waals surface area contributed by atoms with Crippen molar-refractivity contribution in [2.24, 2.45) is 0 Å². The Morgan fingerprint density at radius 2 is 2.15 bits per heavy atom. The molecule has 0 saturated heterocycles. The molecule has 0 radical (unpaired) electrons. The summed E-state index contributed by atoms with van der Waals surface area (Å²) in [6.07, 6.45) is 6.46. The van der Waals surface area contributed by atoms with Gasteiger partial charge < -0.3 is 9.88 Å². The monoisotopic (exact) mass is 367 g/mol. The van der Waals surface area contributed by atoms with Gasteiger partial charge >= 0.3 is 0 Å². The third-order valence-corrected chi connectivity index (χ3v) is 4.84. The van der Waals surface area contributed by atoms with Crippen molar-refractivity contribution in [2.75, 3.05) is 11.4 Å². The minimum absolute atomic E-state index is 0.0413. The Morgan fingerprint density at radius 1 is 1.22 bits per heavy atom. The number of alkyl halides is 2. The molecule has 4 aromatic heterocycles. The van der Waals surface area contributed by atoms with E-state index in [9.17, 15) is 8.78 Å². The van der Waals surface area contributed by atoms with E-state index in [0.29, 0.717) is 23.6 Å². The molecular weight excluding hydrogens is 352 g/mol. The highest BCUT2D eigenvalue weighted by atomic mass is 19.3. The second-order valence-electron chi connectivity index (χ2n) is 6.34. The summed E-state index contributed by atoms with van der Waals surface area (Å²) in [5.74, 6) is 0.697. The second kappa shape index (κ2) is 6.11. The lowest BCUT2D eigenvalue weighted by Crippen LogP contribution is -2.37. The first kappa shape index (κ1) is 15.9. The molecule has 1 atom stereocenters. The number of pyridine rings is 1.